The summed E-state index contributed by atoms with van der Waals surface area (Å²) in [7, 11) is 1.67. The molecule has 1 N–H and O–H groups in total. The Morgan fingerprint density at radius 2 is 2.06 bits per heavy atom. The van der Waals surface area contributed by atoms with E-state index < -0.39 is 0 Å². The molecule has 16 heavy (non-hydrogen) atoms. The van der Waals surface area contributed by atoms with E-state index in [9.17, 15) is 0 Å². The molecular formula is C11H23NO4. The number of hydrogen-bond donors (Lipinski definition) is 1. The van der Waals surface area contributed by atoms with Crippen LogP contribution in [0.1, 0.15) is 6.42 Å². The highest BCUT2D eigenvalue weighted by Gasteiger charge is 2.12. The van der Waals surface area contributed by atoms with Gasteiger partial charge in [0.05, 0.1) is 32.5 Å². The topological polar surface area (TPSA) is 49.0 Å². The van der Waals surface area contributed by atoms with Crippen molar-refractivity contribution in [3.63, 3.8) is 0 Å². The quantitative estimate of drug-likeness (QED) is 0.570. The predicted molar refractivity (Wildman–Crippen MR) is 60.7 cm³/mol. The first-order valence-electron chi connectivity index (χ1n) is 5.90. The van der Waals surface area contributed by atoms with Gasteiger partial charge in [-0.2, -0.15) is 0 Å². The summed E-state index contributed by atoms with van der Waals surface area (Å²) in [6, 6.07) is 0. The fraction of sp³-hybridized carbons (Fsp3) is 1.00. The molecule has 0 amide bonds. The van der Waals surface area contributed by atoms with Crippen LogP contribution in [0.25, 0.3) is 0 Å². The Balaban J connectivity index is 1.77. The minimum atomic E-state index is 0.211. The molecule has 0 aromatic rings. The summed E-state index contributed by atoms with van der Waals surface area (Å²) in [5.41, 5.74) is 0. The Hall–Kier alpha value is -0.200. The normalized spacial score (nSPS) is 21.2. The van der Waals surface area contributed by atoms with Crippen LogP contribution in [0.5, 0.6) is 0 Å². The van der Waals surface area contributed by atoms with Crippen molar-refractivity contribution in [1.82, 2.24) is 5.32 Å². The standard InChI is InChI=1S/C11H23NO4/c1-13-7-8-14-4-2-5-15-10-11-9-12-3-6-16-11/h11-12H,2-10H2,1H3. The number of hydrogen-bond acceptors (Lipinski definition) is 5. The first kappa shape index (κ1) is 13.9. The average molecular weight is 233 g/mol. The highest BCUT2D eigenvalue weighted by molar-refractivity contribution is 4.65. The second-order valence-corrected chi connectivity index (χ2v) is 3.73. The van der Waals surface area contributed by atoms with Gasteiger partial charge in [-0.05, 0) is 6.42 Å². The zero-order chi connectivity index (χ0) is 11.5. The first-order chi connectivity index (χ1) is 7.93. The maximum atomic E-state index is 5.50. The fourth-order valence-corrected chi connectivity index (χ4v) is 1.45. The summed E-state index contributed by atoms with van der Waals surface area (Å²) in [6.45, 7) is 6.07. The highest BCUT2D eigenvalue weighted by atomic mass is 16.5. The lowest BCUT2D eigenvalue weighted by Gasteiger charge is -2.23. The van der Waals surface area contributed by atoms with Crippen LogP contribution >= 0.6 is 0 Å². The van der Waals surface area contributed by atoms with Crippen LogP contribution in [0.4, 0.5) is 0 Å². The molecule has 0 radical (unpaired) electrons. The highest BCUT2D eigenvalue weighted by Crippen LogP contribution is 1.97. The van der Waals surface area contributed by atoms with E-state index in [1.165, 1.54) is 0 Å². The van der Waals surface area contributed by atoms with Gasteiger partial charge in [0.1, 0.15) is 0 Å². The third-order valence-corrected chi connectivity index (χ3v) is 2.32. The van der Waals surface area contributed by atoms with Crippen LogP contribution in [0, 0.1) is 0 Å². The van der Waals surface area contributed by atoms with Gasteiger partial charge in [0.2, 0.25) is 0 Å². The van der Waals surface area contributed by atoms with Gasteiger partial charge < -0.3 is 24.3 Å². The van der Waals surface area contributed by atoms with E-state index in [4.69, 9.17) is 18.9 Å². The minimum absolute atomic E-state index is 0.211. The molecule has 0 aliphatic carbocycles. The Morgan fingerprint density at radius 1 is 1.19 bits per heavy atom. The first-order valence-corrected chi connectivity index (χ1v) is 5.90. The number of morpholine rings is 1. The van der Waals surface area contributed by atoms with E-state index in [0.29, 0.717) is 19.8 Å². The lowest BCUT2D eigenvalue weighted by Crippen LogP contribution is -2.41. The van der Waals surface area contributed by atoms with Gasteiger partial charge in [-0.1, -0.05) is 0 Å². The molecule has 0 aromatic heterocycles. The zero-order valence-electron chi connectivity index (χ0n) is 10.1. The van der Waals surface area contributed by atoms with Gasteiger partial charge in [0.15, 0.2) is 0 Å². The van der Waals surface area contributed by atoms with Gasteiger partial charge in [-0.3, -0.25) is 0 Å². The molecule has 1 saturated heterocycles. The molecule has 5 heteroatoms. The van der Waals surface area contributed by atoms with E-state index in [1.54, 1.807) is 7.11 Å². The van der Waals surface area contributed by atoms with E-state index in [0.717, 1.165) is 39.3 Å². The van der Waals surface area contributed by atoms with Crippen molar-refractivity contribution in [2.45, 2.75) is 12.5 Å². The van der Waals surface area contributed by atoms with Gasteiger partial charge in [-0.25, -0.2) is 0 Å². The smallest absolute Gasteiger partial charge is 0.0933 e. The van der Waals surface area contributed by atoms with Crippen LogP contribution in [0.2, 0.25) is 0 Å². The lowest BCUT2D eigenvalue weighted by molar-refractivity contribution is -0.0353. The molecule has 1 fully saturated rings. The Bertz CT molecular complexity index is 151. The van der Waals surface area contributed by atoms with Gasteiger partial charge in [0, 0.05) is 33.4 Å². The number of ether oxygens (including phenoxy) is 4. The molecule has 1 rings (SSSR count). The van der Waals surface area contributed by atoms with Crippen molar-refractivity contribution in [1.29, 1.82) is 0 Å². The van der Waals surface area contributed by atoms with Crippen LogP contribution in [0.15, 0.2) is 0 Å². The largest absolute Gasteiger partial charge is 0.382 e. The van der Waals surface area contributed by atoms with E-state index >= 15 is 0 Å². The van der Waals surface area contributed by atoms with Crippen LogP contribution in [-0.2, 0) is 18.9 Å². The Kier molecular flexibility index (Phi) is 8.65. The molecule has 1 aliphatic heterocycles. The monoisotopic (exact) mass is 233 g/mol. The van der Waals surface area contributed by atoms with Crippen molar-refractivity contribution in [3.05, 3.63) is 0 Å². The molecule has 0 bridgehead atoms. The van der Waals surface area contributed by atoms with Gasteiger partial charge >= 0.3 is 0 Å². The maximum absolute atomic E-state index is 5.50. The number of nitrogens with one attached hydrogen (secondary N) is 1. The fourth-order valence-electron chi connectivity index (χ4n) is 1.45. The third-order valence-electron chi connectivity index (χ3n) is 2.32. The summed E-state index contributed by atoms with van der Waals surface area (Å²) < 4.78 is 21.2. The van der Waals surface area contributed by atoms with Crippen LogP contribution in [0.3, 0.4) is 0 Å². The molecule has 0 aromatic carbocycles. The van der Waals surface area contributed by atoms with Crippen molar-refractivity contribution < 1.29 is 18.9 Å². The molecule has 0 spiro atoms. The van der Waals surface area contributed by atoms with Crippen molar-refractivity contribution in [2.75, 3.05) is 59.8 Å². The second kappa shape index (κ2) is 9.99. The van der Waals surface area contributed by atoms with E-state index in [2.05, 4.69) is 5.32 Å². The Morgan fingerprint density at radius 3 is 2.81 bits per heavy atom. The van der Waals surface area contributed by atoms with Crippen molar-refractivity contribution >= 4 is 0 Å². The average Bonchev–Trinajstić information content (AvgIpc) is 2.34. The SMILES string of the molecule is COCCOCCCOCC1CNCCO1. The Labute approximate surface area is 97.4 Å². The molecule has 1 heterocycles. The summed E-state index contributed by atoms with van der Waals surface area (Å²) in [6.07, 6.45) is 1.13. The molecule has 0 saturated carbocycles. The molecule has 96 valence electrons. The maximum Gasteiger partial charge on any atom is 0.0933 e. The lowest BCUT2D eigenvalue weighted by atomic mass is 10.3. The summed E-state index contributed by atoms with van der Waals surface area (Å²) in [5, 5.41) is 3.27. The third kappa shape index (κ3) is 7.14. The van der Waals surface area contributed by atoms with Crippen LogP contribution in [-0.4, -0.2) is 65.9 Å². The van der Waals surface area contributed by atoms with Crippen molar-refractivity contribution in [2.24, 2.45) is 0 Å². The van der Waals surface area contributed by atoms with E-state index in [-0.39, 0.29) is 6.10 Å². The van der Waals surface area contributed by atoms with E-state index in [1.807, 2.05) is 0 Å². The number of methoxy groups -OCH3 is 1. The minimum Gasteiger partial charge on any atom is -0.382 e. The van der Waals surface area contributed by atoms with Crippen molar-refractivity contribution in [3.8, 4) is 0 Å². The molecule has 1 unspecified atom stereocenters. The molecule has 5 nitrogen and oxygen atoms in total. The number of rotatable bonds is 9. The summed E-state index contributed by atoms with van der Waals surface area (Å²) in [4.78, 5) is 0. The zero-order valence-corrected chi connectivity index (χ0v) is 10.1. The summed E-state index contributed by atoms with van der Waals surface area (Å²) in [5.74, 6) is 0. The predicted octanol–water partition coefficient (Wildman–Crippen LogP) is 0.0445. The second-order valence-electron chi connectivity index (χ2n) is 3.73. The van der Waals surface area contributed by atoms with Gasteiger partial charge in [-0.15, -0.1) is 0 Å². The molecular weight excluding hydrogens is 210 g/mol. The molecule has 1 atom stereocenters. The van der Waals surface area contributed by atoms with Crippen LogP contribution < -0.4 is 5.32 Å². The summed E-state index contributed by atoms with van der Waals surface area (Å²) >= 11 is 0. The molecule has 1 aliphatic rings. The van der Waals surface area contributed by atoms with Gasteiger partial charge in [0.25, 0.3) is 0 Å².